The molecular weight excluding hydrogens is 272 g/mol. The molecule has 0 aromatic rings. The molecule has 0 bridgehead atoms. The molecule has 0 radical (unpaired) electrons. The van der Waals surface area contributed by atoms with E-state index in [1.165, 1.54) is 83.5 Å². The predicted molar refractivity (Wildman–Crippen MR) is 97.1 cm³/mol. The van der Waals surface area contributed by atoms with Crippen LogP contribution in [0.1, 0.15) is 110 Å². The van der Waals surface area contributed by atoms with Crippen molar-refractivity contribution in [3.63, 3.8) is 0 Å². The molecule has 0 aromatic heterocycles. The van der Waals surface area contributed by atoms with Crippen LogP contribution in [-0.2, 0) is 4.79 Å². The molecule has 0 spiro atoms. The van der Waals surface area contributed by atoms with Crippen LogP contribution < -0.4 is 0 Å². The van der Waals surface area contributed by atoms with Gasteiger partial charge in [0.2, 0.25) is 0 Å². The van der Waals surface area contributed by atoms with Crippen LogP contribution >= 0.6 is 0 Å². The van der Waals surface area contributed by atoms with Crippen molar-refractivity contribution >= 4 is 5.97 Å². The van der Waals surface area contributed by atoms with Gasteiger partial charge in [0.05, 0.1) is 0 Å². The summed E-state index contributed by atoms with van der Waals surface area (Å²) in [6.45, 7) is 2.27. The van der Waals surface area contributed by atoms with E-state index in [-0.39, 0.29) is 0 Å². The van der Waals surface area contributed by atoms with Gasteiger partial charge >= 0.3 is 5.97 Å². The number of hydrogen-bond acceptors (Lipinski definition) is 1. The molecule has 2 nitrogen and oxygen atoms in total. The van der Waals surface area contributed by atoms with Crippen molar-refractivity contribution in [1.29, 1.82) is 0 Å². The zero-order valence-corrected chi connectivity index (χ0v) is 14.8. The van der Waals surface area contributed by atoms with Crippen LogP contribution in [0.3, 0.4) is 0 Å². The monoisotopic (exact) mass is 310 g/mol. The van der Waals surface area contributed by atoms with Gasteiger partial charge < -0.3 is 5.11 Å². The van der Waals surface area contributed by atoms with E-state index < -0.39 is 5.97 Å². The molecule has 22 heavy (non-hydrogen) atoms. The molecule has 0 fully saturated rings. The Bertz CT molecular complexity index is 233. The first-order chi connectivity index (χ1) is 10.8. The molecule has 0 amide bonds. The summed E-state index contributed by atoms with van der Waals surface area (Å²) in [6.07, 6.45) is 28.2. The molecule has 0 aliphatic heterocycles. The number of terminal acetylenes is 1. The average Bonchev–Trinajstić information content (AvgIpc) is 2.53. The van der Waals surface area contributed by atoms with Crippen LogP contribution in [-0.4, -0.2) is 11.1 Å². The quantitative estimate of drug-likeness (QED) is 0.258. The molecular formula is C20H38O2. The van der Waals surface area contributed by atoms with Crippen molar-refractivity contribution in [2.45, 2.75) is 110 Å². The van der Waals surface area contributed by atoms with Crippen molar-refractivity contribution in [2.75, 3.05) is 0 Å². The lowest BCUT2D eigenvalue weighted by Crippen LogP contribution is -1.93. The van der Waals surface area contributed by atoms with Gasteiger partial charge in [-0.05, 0) is 6.42 Å². The Kier molecular flexibility index (Phi) is 23.6. The summed E-state index contributed by atoms with van der Waals surface area (Å²) in [5.41, 5.74) is 0. The van der Waals surface area contributed by atoms with Gasteiger partial charge in [-0.25, -0.2) is 0 Å². The SMILES string of the molecule is C#C.CCCCCCCCCCCCCCCCCC(=O)O. The first kappa shape index (κ1) is 23.3. The number of aliphatic carboxylic acids is 1. The molecule has 0 aliphatic rings. The second-order valence-corrected chi connectivity index (χ2v) is 6.09. The summed E-state index contributed by atoms with van der Waals surface area (Å²) >= 11 is 0. The molecule has 0 atom stereocenters. The van der Waals surface area contributed by atoms with Crippen molar-refractivity contribution in [3.8, 4) is 12.8 Å². The maximum Gasteiger partial charge on any atom is 0.303 e. The number of hydrogen-bond donors (Lipinski definition) is 1. The minimum absolute atomic E-state index is 0.345. The second kappa shape index (κ2) is 22.3. The number of carboxylic acids is 1. The predicted octanol–water partition coefficient (Wildman–Crippen LogP) is 6.58. The van der Waals surface area contributed by atoms with Crippen LogP contribution in [0.5, 0.6) is 0 Å². The van der Waals surface area contributed by atoms with Gasteiger partial charge in [-0.1, -0.05) is 96.8 Å². The highest BCUT2D eigenvalue weighted by molar-refractivity contribution is 5.66. The van der Waals surface area contributed by atoms with Gasteiger partial charge in [-0.2, -0.15) is 0 Å². The Morgan fingerprint density at radius 1 is 0.636 bits per heavy atom. The van der Waals surface area contributed by atoms with Crippen molar-refractivity contribution < 1.29 is 9.90 Å². The Morgan fingerprint density at radius 2 is 0.909 bits per heavy atom. The lowest BCUT2D eigenvalue weighted by atomic mass is 10.0. The molecule has 0 aromatic carbocycles. The zero-order chi connectivity index (χ0) is 16.9. The van der Waals surface area contributed by atoms with E-state index in [1.807, 2.05) is 0 Å². The molecule has 0 heterocycles. The lowest BCUT2D eigenvalue weighted by Gasteiger charge is -2.03. The molecule has 0 saturated heterocycles. The van der Waals surface area contributed by atoms with Crippen LogP contribution in [0.2, 0.25) is 0 Å². The normalized spacial score (nSPS) is 9.95. The van der Waals surface area contributed by atoms with Gasteiger partial charge in [-0.3, -0.25) is 4.79 Å². The minimum Gasteiger partial charge on any atom is -0.481 e. The van der Waals surface area contributed by atoms with E-state index in [4.69, 9.17) is 5.11 Å². The van der Waals surface area contributed by atoms with E-state index in [9.17, 15) is 4.79 Å². The fourth-order valence-electron chi connectivity index (χ4n) is 2.65. The highest BCUT2D eigenvalue weighted by Gasteiger charge is 1.97. The van der Waals surface area contributed by atoms with E-state index in [2.05, 4.69) is 19.8 Å². The Hall–Kier alpha value is -0.970. The van der Waals surface area contributed by atoms with Crippen molar-refractivity contribution in [2.24, 2.45) is 0 Å². The van der Waals surface area contributed by atoms with E-state index in [0.717, 1.165) is 12.8 Å². The van der Waals surface area contributed by atoms with Crippen LogP contribution in [0.15, 0.2) is 0 Å². The Morgan fingerprint density at radius 3 is 1.18 bits per heavy atom. The summed E-state index contributed by atoms with van der Waals surface area (Å²) in [5, 5.41) is 8.52. The highest BCUT2D eigenvalue weighted by Crippen LogP contribution is 2.13. The van der Waals surface area contributed by atoms with Gasteiger partial charge in [0.15, 0.2) is 0 Å². The summed E-state index contributed by atoms with van der Waals surface area (Å²) < 4.78 is 0. The summed E-state index contributed by atoms with van der Waals surface area (Å²) in [6, 6.07) is 0. The number of unbranched alkanes of at least 4 members (excludes halogenated alkanes) is 14. The largest absolute Gasteiger partial charge is 0.481 e. The fraction of sp³-hybridized carbons (Fsp3) is 0.850. The zero-order valence-electron chi connectivity index (χ0n) is 14.8. The van der Waals surface area contributed by atoms with E-state index in [1.54, 1.807) is 0 Å². The van der Waals surface area contributed by atoms with Gasteiger partial charge in [0.1, 0.15) is 0 Å². The number of carboxylic acid groups (broad SMARTS) is 1. The van der Waals surface area contributed by atoms with Crippen molar-refractivity contribution in [3.05, 3.63) is 0 Å². The molecule has 0 saturated carbocycles. The Labute approximate surface area is 139 Å². The first-order valence-electron chi connectivity index (χ1n) is 9.32. The van der Waals surface area contributed by atoms with E-state index in [0.29, 0.717) is 6.42 Å². The minimum atomic E-state index is -0.653. The van der Waals surface area contributed by atoms with Crippen LogP contribution in [0, 0.1) is 12.8 Å². The maximum absolute atomic E-state index is 10.3. The topological polar surface area (TPSA) is 37.3 Å². The fourth-order valence-corrected chi connectivity index (χ4v) is 2.65. The van der Waals surface area contributed by atoms with Gasteiger partial charge in [0, 0.05) is 6.42 Å². The smallest absolute Gasteiger partial charge is 0.303 e. The third kappa shape index (κ3) is 24.1. The standard InChI is InChI=1S/C18H36O2.C2H2/c1-2-3-4-5-6-7-8-9-10-11-12-13-14-15-16-17-18(19)20;1-2/h2-17H2,1H3,(H,19,20);1-2H. The maximum atomic E-state index is 10.3. The summed E-state index contributed by atoms with van der Waals surface area (Å²) in [5.74, 6) is -0.653. The van der Waals surface area contributed by atoms with Gasteiger partial charge in [-0.15, -0.1) is 12.8 Å². The van der Waals surface area contributed by atoms with Crippen LogP contribution in [0.4, 0.5) is 0 Å². The molecule has 0 rings (SSSR count). The molecule has 1 N–H and O–H groups in total. The average molecular weight is 311 g/mol. The molecule has 2 heteroatoms. The van der Waals surface area contributed by atoms with E-state index >= 15 is 0 Å². The Balaban J connectivity index is 0. The lowest BCUT2D eigenvalue weighted by molar-refractivity contribution is -0.137. The van der Waals surface area contributed by atoms with Crippen LogP contribution in [0.25, 0.3) is 0 Å². The van der Waals surface area contributed by atoms with Gasteiger partial charge in [0.25, 0.3) is 0 Å². The third-order valence-electron chi connectivity index (χ3n) is 3.99. The molecule has 130 valence electrons. The number of rotatable bonds is 16. The summed E-state index contributed by atoms with van der Waals surface area (Å²) in [7, 11) is 0. The molecule has 0 unspecified atom stereocenters. The third-order valence-corrected chi connectivity index (χ3v) is 3.99. The molecule has 0 aliphatic carbocycles. The first-order valence-corrected chi connectivity index (χ1v) is 9.32. The van der Waals surface area contributed by atoms with Crippen molar-refractivity contribution in [1.82, 2.24) is 0 Å². The summed E-state index contributed by atoms with van der Waals surface area (Å²) in [4.78, 5) is 10.3. The highest BCUT2D eigenvalue weighted by atomic mass is 16.4. The second-order valence-electron chi connectivity index (χ2n) is 6.09. The number of carbonyl (C=O) groups is 1.